The second-order valence-corrected chi connectivity index (χ2v) is 8.48. The Morgan fingerprint density at radius 2 is 1.86 bits per heavy atom. The van der Waals surface area contributed by atoms with Crippen LogP contribution in [0.3, 0.4) is 0 Å². The average Bonchev–Trinajstić information content (AvgIpc) is 1.97. The summed E-state index contributed by atoms with van der Waals surface area (Å²) in [4.78, 5) is 9.00. The lowest BCUT2D eigenvalue weighted by molar-refractivity contribution is -0.134. The third-order valence-electron chi connectivity index (χ3n) is 0.896. The molecule has 0 radical (unpaired) electrons. The van der Waals surface area contributed by atoms with E-state index in [1.54, 1.807) is 0 Å². The van der Waals surface area contributed by atoms with Gasteiger partial charge in [-0.1, -0.05) is 0 Å². The fourth-order valence-corrected chi connectivity index (χ4v) is 2.04. The van der Waals surface area contributed by atoms with E-state index in [-0.39, 0.29) is 12.7 Å². The fourth-order valence-electron chi connectivity index (χ4n) is 0.618. The number of carboxylic acids is 1. The minimum Gasteiger partial charge on any atom is -0.481 e. The Bertz CT molecular complexity index is 150. The molecule has 0 spiro atoms. The fraction of sp³-hybridized carbons (Fsp3) is 0.875. The highest BCUT2D eigenvalue weighted by Gasteiger charge is 2.19. The number of hydrogen-bond donors (Lipinski definition) is 2. The second kappa shape index (κ2) is 8.23. The quantitative estimate of drug-likeness (QED) is 0.580. The number of aliphatic carboxylic acids is 1. The summed E-state index contributed by atoms with van der Waals surface area (Å²) in [5.74, 6) is -0.458. The Labute approximate surface area is 91.0 Å². The summed E-state index contributed by atoms with van der Waals surface area (Å²) in [7, 11) is -1.51. The lowest BCUT2D eigenvalue weighted by atomic mass is 10.4. The van der Waals surface area contributed by atoms with Gasteiger partial charge in [0.2, 0.25) is 0 Å². The van der Waals surface area contributed by atoms with Crippen molar-refractivity contribution < 1.29 is 19.4 Å². The molecule has 0 bridgehead atoms. The van der Waals surface area contributed by atoms with Crippen LogP contribution in [0.15, 0.2) is 0 Å². The molecule has 14 heavy (non-hydrogen) atoms. The molecule has 0 saturated heterocycles. The molecule has 2 N–H and O–H groups in total. The van der Waals surface area contributed by atoms with Gasteiger partial charge in [0, 0.05) is 12.8 Å². The van der Waals surface area contributed by atoms with Crippen LogP contribution < -0.4 is 0 Å². The van der Waals surface area contributed by atoms with Crippen molar-refractivity contribution in [3.8, 4) is 0 Å². The van der Waals surface area contributed by atoms with Gasteiger partial charge in [0.1, 0.15) is 0 Å². The molecule has 1 atom stereocenters. The molecule has 1 unspecified atom stereocenters. The Morgan fingerprint density at radius 3 is 1.93 bits per heavy atom. The normalized spacial score (nSPS) is 12.7. The molecule has 4 nitrogen and oxygen atoms in total. The summed E-state index contributed by atoms with van der Waals surface area (Å²) < 4.78 is 5.49. The minimum absolute atomic E-state index is 0.0216. The molecule has 0 aromatic rings. The Hall–Kier alpha value is -0.103. The number of aliphatic hydroxyl groups is 1. The first-order valence-electron chi connectivity index (χ1n) is 4.27. The van der Waals surface area contributed by atoms with Gasteiger partial charge in [0.15, 0.2) is 8.32 Å². The Kier molecular flexibility index (Phi) is 9.60. The SMILES string of the molecule is CC(=O)O.C[Si](C)(C)OC(CO)CCl. The van der Waals surface area contributed by atoms with Gasteiger partial charge in [-0.15, -0.1) is 11.6 Å². The van der Waals surface area contributed by atoms with Gasteiger partial charge in [-0.3, -0.25) is 4.79 Å². The molecule has 0 aromatic carbocycles. The Morgan fingerprint density at radius 1 is 1.50 bits per heavy atom. The monoisotopic (exact) mass is 242 g/mol. The number of aliphatic hydroxyl groups excluding tert-OH is 1. The zero-order valence-electron chi connectivity index (χ0n) is 9.08. The van der Waals surface area contributed by atoms with Crippen LogP contribution in [0.25, 0.3) is 0 Å². The molecular formula is C8H19ClO4Si. The number of hydrogen-bond acceptors (Lipinski definition) is 3. The standard InChI is InChI=1S/C6H15ClO2Si.C2H4O2/c1-10(2,3)9-6(4-7)5-8;1-2(3)4/h6,8H,4-5H2,1-3H3;1H3,(H,3,4). The van der Waals surface area contributed by atoms with Crippen LogP contribution in [-0.2, 0) is 9.22 Å². The summed E-state index contributed by atoms with van der Waals surface area (Å²) in [6.45, 7) is 7.32. The third kappa shape index (κ3) is 17.8. The van der Waals surface area contributed by atoms with E-state index in [9.17, 15) is 0 Å². The molecule has 0 saturated carbocycles. The van der Waals surface area contributed by atoms with Gasteiger partial charge in [-0.2, -0.15) is 0 Å². The van der Waals surface area contributed by atoms with Crippen molar-refractivity contribution in [2.75, 3.05) is 12.5 Å². The topological polar surface area (TPSA) is 66.8 Å². The van der Waals surface area contributed by atoms with Gasteiger partial charge in [0.25, 0.3) is 5.97 Å². The van der Waals surface area contributed by atoms with Crippen molar-refractivity contribution in [2.45, 2.75) is 32.7 Å². The number of carboxylic acid groups (broad SMARTS) is 1. The first-order valence-corrected chi connectivity index (χ1v) is 8.21. The number of alkyl halides is 1. The zero-order chi connectivity index (χ0) is 11.8. The maximum Gasteiger partial charge on any atom is 0.300 e. The second-order valence-electron chi connectivity index (χ2n) is 3.71. The van der Waals surface area contributed by atoms with Crippen molar-refractivity contribution in [3.05, 3.63) is 0 Å². The summed E-state index contributed by atoms with van der Waals surface area (Å²) in [6, 6.07) is 0. The van der Waals surface area contributed by atoms with E-state index in [1.807, 2.05) is 0 Å². The predicted molar refractivity (Wildman–Crippen MR) is 59.3 cm³/mol. The first-order chi connectivity index (χ1) is 6.22. The molecule has 0 aromatic heterocycles. The molecule has 0 aliphatic rings. The van der Waals surface area contributed by atoms with Crippen LogP contribution in [0.1, 0.15) is 6.92 Å². The molecule has 0 fully saturated rings. The van der Waals surface area contributed by atoms with E-state index < -0.39 is 14.3 Å². The predicted octanol–water partition coefficient (Wildman–Crippen LogP) is 1.53. The van der Waals surface area contributed by atoms with Crippen molar-refractivity contribution in [1.82, 2.24) is 0 Å². The Balaban J connectivity index is 0. The van der Waals surface area contributed by atoms with Crippen molar-refractivity contribution in [1.29, 1.82) is 0 Å². The van der Waals surface area contributed by atoms with Crippen LogP contribution >= 0.6 is 11.6 Å². The zero-order valence-corrected chi connectivity index (χ0v) is 10.8. The van der Waals surface area contributed by atoms with E-state index in [0.29, 0.717) is 5.88 Å². The highest BCUT2D eigenvalue weighted by atomic mass is 35.5. The van der Waals surface area contributed by atoms with E-state index in [0.717, 1.165) is 6.92 Å². The van der Waals surface area contributed by atoms with Crippen LogP contribution in [0.2, 0.25) is 19.6 Å². The molecule has 0 amide bonds. The molecule has 6 heteroatoms. The number of carbonyl (C=O) groups is 1. The molecule has 0 rings (SSSR count). The first kappa shape index (κ1) is 16.3. The highest BCUT2D eigenvalue weighted by Crippen LogP contribution is 2.07. The molecule has 0 heterocycles. The van der Waals surface area contributed by atoms with Crippen molar-refractivity contribution in [3.63, 3.8) is 0 Å². The molecule has 86 valence electrons. The lowest BCUT2D eigenvalue weighted by Crippen LogP contribution is -2.34. The van der Waals surface area contributed by atoms with Crippen LogP contribution in [0.5, 0.6) is 0 Å². The van der Waals surface area contributed by atoms with Gasteiger partial charge in [-0.25, -0.2) is 0 Å². The highest BCUT2D eigenvalue weighted by molar-refractivity contribution is 6.69. The van der Waals surface area contributed by atoms with Crippen molar-refractivity contribution in [2.24, 2.45) is 0 Å². The molecular weight excluding hydrogens is 224 g/mol. The van der Waals surface area contributed by atoms with Crippen molar-refractivity contribution >= 4 is 25.9 Å². The number of halogens is 1. The van der Waals surface area contributed by atoms with E-state index in [2.05, 4.69) is 19.6 Å². The van der Waals surface area contributed by atoms with Gasteiger partial charge < -0.3 is 14.6 Å². The van der Waals surface area contributed by atoms with E-state index >= 15 is 0 Å². The van der Waals surface area contributed by atoms with Crippen LogP contribution in [0, 0.1) is 0 Å². The summed E-state index contributed by atoms with van der Waals surface area (Å²) >= 11 is 5.51. The lowest BCUT2D eigenvalue weighted by Gasteiger charge is -2.22. The molecule has 0 aliphatic heterocycles. The largest absolute Gasteiger partial charge is 0.481 e. The summed E-state index contributed by atoms with van der Waals surface area (Å²) in [5.41, 5.74) is 0. The smallest absolute Gasteiger partial charge is 0.300 e. The summed E-state index contributed by atoms with van der Waals surface area (Å²) in [5, 5.41) is 16.1. The van der Waals surface area contributed by atoms with Gasteiger partial charge in [0.05, 0.1) is 12.7 Å². The van der Waals surface area contributed by atoms with Crippen LogP contribution in [-0.4, -0.2) is 43.1 Å². The number of rotatable bonds is 4. The average molecular weight is 243 g/mol. The third-order valence-corrected chi connectivity index (χ3v) is 2.28. The van der Waals surface area contributed by atoms with Gasteiger partial charge in [-0.05, 0) is 19.6 Å². The summed E-state index contributed by atoms with van der Waals surface area (Å²) in [6.07, 6.45) is -0.173. The molecule has 0 aliphatic carbocycles. The van der Waals surface area contributed by atoms with Gasteiger partial charge >= 0.3 is 0 Å². The minimum atomic E-state index is -1.51. The van der Waals surface area contributed by atoms with E-state index in [4.69, 9.17) is 31.0 Å². The maximum absolute atomic E-state index is 9.00. The van der Waals surface area contributed by atoms with E-state index in [1.165, 1.54) is 0 Å². The van der Waals surface area contributed by atoms with Crippen LogP contribution in [0.4, 0.5) is 0 Å². The maximum atomic E-state index is 9.00.